The Hall–Kier alpha value is -1.95. The number of nitrogens with zero attached hydrogens (tertiary/aromatic N) is 4. The minimum atomic E-state index is -1.03. The van der Waals surface area contributed by atoms with Crippen molar-refractivity contribution in [2.24, 2.45) is 10.9 Å². The average molecular weight is 518 g/mol. The molecule has 1 fully saturated rings. The summed E-state index contributed by atoms with van der Waals surface area (Å²) in [6.07, 6.45) is 2.84. The Morgan fingerprint density at radius 2 is 2.08 bits per heavy atom. The number of aliphatic imine (C=N–C) groups is 1. The lowest BCUT2D eigenvalue weighted by atomic mass is 9.97. The van der Waals surface area contributed by atoms with Gasteiger partial charge in [0.1, 0.15) is 0 Å². The first-order valence-electron chi connectivity index (χ1n) is 12.9. The van der Waals surface area contributed by atoms with E-state index < -0.39 is 6.10 Å². The molecule has 1 saturated heterocycles. The molecule has 1 amide bonds. The third-order valence-electron chi connectivity index (χ3n) is 7.21. The molecule has 0 spiro atoms. The molecular weight excluding hydrogens is 476 g/mol. The first-order chi connectivity index (χ1) is 17.2. The Kier molecular flexibility index (Phi) is 8.75. The van der Waals surface area contributed by atoms with E-state index in [0.717, 1.165) is 51.7 Å². The van der Waals surface area contributed by atoms with Crippen molar-refractivity contribution in [3.63, 3.8) is 0 Å². The Balaban J connectivity index is 1.70. The highest BCUT2D eigenvalue weighted by Gasteiger charge is 2.36. The summed E-state index contributed by atoms with van der Waals surface area (Å²) in [4.78, 5) is 23.7. The van der Waals surface area contributed by atoms with Crippen molar-refractivity contribution < 1.29 is 19.5 Å². The van der Waals surface area contributed by atoms with Crippen molar-refractivity contribution in [3.8, 4) is 0 Å². The lowest BCUT2D eigenvalue weighted by molar-refractivity contribution is -0.890. The number of carbonyl (C=O) groups excluding carboxylic acids is 1. The molecule has 3 aliphatic heterocycles. The second-order valence-electron chi connectivity index (χ2n) is 10.7. The summed E-state index contributed by atoms with van der Waals surface area (Å²) in [5.74, 6) is -0.737. The zero-order valence-corrected chi connectivity index (χ0v) is 22.7. The van der Waals surface area contributed by atoms with Crippen molar-refractivity contribution >= 4 is 29.6 Å². The number of quaternary nitrogens is 1. The van der Waals surface area contributed by atoms with Crippen LogP contribution in [0.1, 0.15) is 25.3 Å². The standard InChI is InChI=1S/C26H40N6O3S/c1-18-7-8-21-20(15-18)31-17-29-26(30-10-5-6-12-32(3,4)13-11-30)28-16-19(2)23(34)22(25(31)36-21)24(35)27-9-14-33/h7-8,15-16,19,23,26,29,33-34H,5-6,9-14,17H2,1-4H3/p+1/b25-22-,28-16-. The molecule has 10 heteroatoms. The molecule has 0 aliphatic carbocycles. The number of rotatable bonds is 4. The van der Waals surface area contributed by atoms with E-state index >= 15 is 0 Å². The van der Waals surface area contributed by atoms with Gasteiger partial charge in [0.15, 0.2) is 6.29 Å². The number of hydrogen-bond donors (Lipinski definition) is 4. The SMILES string of the molecule is Cc1ccc2c(c1)N1CNC(N3CCCC[N+](C)(C)CC3)/N=C\C(C)C(O)/C(C(=O)NCCO)=C\1S2. The molecule has 198 valence electrons. The van der Waals surface area contributed by atoms with Gasteiger partial charge in [-0.3, -0.25) is 20.0 Å². The first-order valence-corrected chi connectivity index (χ1v) is 13.7. The molecule has 4 rings (SSSR count). The summed E-state index contributed by atoms with van der Waals surface area (Å²) >= 11 is 1.51. The van der Waals surface area contributed by atoms with Gasteiger partial charge in [0.2, 0.25) is 0 Å². The van der Waals surface area contributed by atoms with Gasteiger partial charge in [-0.05, 0) is 37.5 Å². The van der Waals surface area contributed by atoms with Crippen LogP contribution in [0.25, 0.3) is 0 Å². The molecule has 36 heavy (non-hydrogen) atoms. The number of hydrogen-bond acceptors (Lipinski definition) is 8. The van der Waals surface area contributed by atoms with Gasteiger partial charge in [0, 0.05) is 30.1 Å². The van der Waals surface area contributed by atoms with Crippen LogP contribution >= 0.6 is 11.8 Å². The van der Waals surface area contributed by atoms with Gasteiger partial charge >= 0.3 is 0 Å². The number of aliphatic hydroxyl groups is 2. The lowest BCUT2D eigenvalue weighted by Gasteiger charge is -2.38. The predicted octanol–water partition coefficient (Wildman–Crippen LogP) is 1.31. The Labute approximate surface area is 218 Å². The number of likely N-dealkylation sites (N-methyl/N-ethyl adjacent to an activating group) is 1. The van der Waals surface area contributed by atoms with Crippen LogP contribution in [0.5, 0.6) is 0 Å². The van der Waals surface area contributed by atoms with Crippen LogP contribution in [0.4, 0.5) is 5.69 Å². The third-order valence-corrected chi connectivity index (χ3v) is 8.41. The highest BCUT2D eigenvalue weighted by Crippen LogP contribution is 2.48. The maximum Gasteiger partial charge on any atom is 0.252 e. The monoisotopic (exact) mass is 517 g/mol. The number of aryl methyl sites for hydroxylation is 1. The van der Waals surface area contributed by atoms with E-state index in [1.54, 1.807) is 6.21 Å². The number of amides is 1. The predicted molar refractivity (Wildman–Crippen MR) is 145 cm³/mol. The number of carbonyl (C=O) groups is 1. The summed E-state index contributed by atoms with van der Waals surface area (Å²) in [5, 5.41) is 27.8. The zero-order chi connectivity index (χ0) is 25.9. The summed E-state index contributed by atoms with van der Waals surface area (Å²) in [7, 11) is 4.57. The van der Waals surface area contributed by atoms with Crippen molar-refractivity contribution in [2.75, 3.05) is 65.0 Å². The Bertz CT molecular complexity index is 1010. The van der Waals surface area contributed by atoms with Crippen LogP contribution in [0, 0.1) is 12.8 Å². The van der Waals surface area contributed by atoms with Crippen molar-refractivity contribution in [2.45, 2.75) is 44.0 Å². The topological polar surface area (TPSA) is 100 Å². The van der Waals surface area contributed by atoms with E-state index in [9.17, 15) is 15.0 Å². The van der Waals surface area contributed by atoms with E-state index in [4.69, 9.17) is 4.99 Å². The maximum atomic E-state index is 13.2. The fraction of sp³-hybridized carbons (Fsp3) is 0.615. The van der Waals surface area contributed by atoms with E-state index in [2.05, 4.69) is 59.7 Å². The van der Waals surface area contributed by atoms with E-state index in [1.165, 1.54) is 24.7 Å². The number of benzene rings is 1. The van der Waals surface area contributed by atoms with Gasteiger partial charge < -0.3 is 24.9 Å². The molecule has 3 unspecified atom stereocenters. The van der Waals surface area contributed by atoms with Gasteiger partial charge in [-0.1, -0.05) is 24.8 Å². The highest BCUT2D eigenvalue weighted by molar-refractivity contribution is 8.03. The second-order valence-corrected chi connectivity index (χ2v) is 11.7. The van der Waals surface area contributed by atoms with Crippen LogP contribution in [-0.4, -0.2) is 104 Å². The minimum Gasteiger partial charge on any atom is -0.395 e. The zero-order valence-electron chi connectivity index (χ0n) is 21.9. The molecule has 3 heterocycles. The largest absolute Gasteiger partial charge is 0.395 e. The van der Waals surface area contributed by atoms with Crippen LogP contribution in [0.2, 0.25) is 0 Å². The molecular formula is C26H41N6O3S+. The molecule has 0 radical (unpaired) electrons. The number of thioether (sulfide) groups is 1. The molecule has 3 aliphatic rings. The second kappa shape index (κ2) is 11.6. The average Bonchev–Trinajstić information content (AvgIpc) is 3.18. The number of fused-ring (bicyclic) bond motifs is 3. The molecule has 9 nitrogen and oxygen atoms in total. The van der Waals surface area contributed by atoms with Crippen LogP contribution in [-0.2, 0) is 4.79 Å². The van der Waals surface area contributed by atoms with E-state index in [-0.39, 0.29) is 31.3 Å². The lowest BCUT2D eigenvalue weighted by Crippen LogP contribution is -2.54. The fourth-order valence-electron chi connectivity index (χ4n) is 4.91. The Morgan fingerprint density at radius 3 is 2.86 bits per heavy atom. The fourth-order valence-corrected chi connectivity index (χ4v) is 6.12. The van der Waals surface area contributed by atoms with Gasteiger partial charge in [0.05, 0.1) is 69.4 Å². The number of aliphatic hydroxyl groups excluding tert-OH is 2. The van der Waals surface area contributed by atoms with Crippen LogP contribution in [0.3, 0.4) is 0 Å². The number of nitrogens with one attached hydrogen (secondary N) is 2. The molecule has 1 aromatic carbocycles. The smallest absolute Gasteiger partial charge is 0.252 e. The van der Waals surface area contributed by atoms with E-state index in [0.29, 0.717) is 12.2 Å². The van der Waals surface area contributed by atoms with Crippen LogP contribution in [0.15, 0.2) is 38.7 Å². The summed E-state index contributed by atoms with van der Waals surface area (Å²) in [5.41, 5.74) is 2.46. The first kappa shape index (κ1) is 27.1. The quantitative estimate of drug-likeness (QED) is 0.447. The molecule has 4 N–H and O–H groups in total. The minimum absolute atomic E-state index is 0.131. The van der Waals surface area contributed by atoms with Gasteiger partial charge in [-0.15, -0.1) is 0 Å². The molecule has 0 saturated carbocycles. The van der Waals surface area contributed by atoms with Gasteiger partial charge in [-0.2, -0.15) is 0 Å². The van der Waals surface area contributed by atoms with E-state index in [1.807, 2.05) is 6.92 Å². The third kappa shape index (κ3) is 6.12. The number of anilines is 1. The molecule has 1 aromatic rings. The summed E-state index contributed by atoms with van der Waals surface area (Å²) < 4.78 is 0.997. The molecule has 0 bridgehead atoms. The Morgan fingerprint density at radius 1 is 1.28 bits per heavy atom. The summed E-state index contributed by atoms with van der Waals surface area (Å²) in [6, 6.07) is 6.26. The highest BCUT2D eigenvalue weighted by atomic mass is 32.2. The van der Waals surface area contributed by atoms with Gasteiger partial charge in [0.25, 0.3) is 5.91 Å². The molecule has 0 aromatic heterocycles. The van der Waals surface area contributed by atoms with Crippen molar-refractivity contribution in [1.82, 2.24) is 15.5 Å². The van der Waals surface area contributed by atoms with Crippen molar-refractivity contribution in [3.05, 3.63) is 34.4 Å². The normalized spacial score (nSPS) is 30.1. The molecule has 3 atom stereocenters. The van der Waals surface area contributed by atoms with Crippen molar-refractivity contribution in [1.29, 1.82) is 0 Å². The maximum absolute atomic E-state index is 13.2. The van der Waals surface area contributed by atoms with Crippen LogP contribution < -0.4 is 15.5 Å². The summed E-state index contributed by atoms with van der Waals surface area (Å²) in [6.45, 7) is 8.50. The van der Waals surface area contributed by atoms with Gasteiger partial charge in [-0.25, -0.2) is 0 Å².